The Morgan fingerprint density at radius 3 is 2.19 bits per heavy atom. The molecule has 0 spiro atoms. The Balaban J connectivity index is 3.38. The summed E-state index contributed by atoms with van der Waals surface area (Å²) in [6.45, 7) is 1.51. The Hall–Kier alpha value is -2.11. The van der Waals surface area contributed by atoms with Crippen molar-refractivity contribution < 1.29 is 23.8 Å². The number of methoxy groups -OCH3 is 2. The number of carbonyl (C=O) groups excluding carboxylic acids is 2. The van der Waals surface area contributed by atoms with Gasteiger partial charge in [-0.2, -0.15) is 4.73 Å². The lowest BCUT2D eigenvalue weighted by atomic mass is 10.1. The maximum Gasteiger partial charge on any atom is 0.344 e. The number of hydrogen-bond donors (Lipinski definition) is 0. The molecule has 0 aliphatic carbocycles. The van der Waals surface area contributed by atoms with Crippen molar-refractivity contribution in [1.82, 2.24) is 0 Å². The van der Waals surface area contributed by atoms with Gasteiger partial charge in [0.25, 0.3) is 0 Å². The van der Waals surface area contributed by atoms with Gasteiger partial charge in [-0.15, -0.1) is 0 Å². The fraction of sp³-hybridized carbons (Fsp3) is 0.300. The van der Waals surface area contributed by atoms with Crippen LogP contribution in [0.1, 0.15) is 26.4 Å². The van der Waals surface area contributed by atoms with Crippen LogP contribution in [-0.2, 0) is 9.47 Å². The number of hydrogen-bond acceptors (Lipinski definition) is 5. The van der Waals surface area contributed by atoms with Crippen molar-refractivity contribution in [2.75, 3.05) is 14.2 Å². The summed E-state index contributed by atoms with van der Waals surface area (Å²) in [6.07, 6.45) is 0.993. The number of nitrogens with zero attached hydrogens (tertiary/aromatic N) is 1. The van der Waals surface area contributed by atoms with Gasteiger partial charge in [0.15, 0.2) is 11.9 Å². The zero-order valence-corrected chi connectivity index (χ0v) is 9.14. The van der Waals surface area contributed by atoms with Gasteiger partial charge in [0, 0.05) is 13.0 Å². The second-order valence-electron chi connectivity index (χ2n) is 3.05. The molecule has 86 valence electrons. The fourth-order valence-electron chi connectivity index (χ4n) is 1.19. The highest BCUT2D eigenvalue weighted by molar-refractivity contribution is 6.02. The Kier molecular flexibility index (Phi) is 3.44. The first-order valence-electron chi connectivity index (χ1n) is 4.41. The minimum absolute atomic E-state index is 0.0129. The maximum atomic E-state index is 11.4. The molecule has 0 fully saturated rings. The van der Waals surface area contributed by atoms with Crippen LogP contribution >= 0.6 is 0 Å². The van der Waals surface area contributed by atoms with Gasteiger partial charge in [0.2, 0.25) is 0 Å². The van der Waals surface area contributed by atoms with E-state index in [1.807, 2.05) is 0 Å². The average Bonchev–Trinajstić information content (AvgIpc) is 2.30. The van der Waals surface area contributed by atoms with Gasteiger partial charge in [-0.05, 0) is 0 Å². The fourth-order valence-corrected chi connectivity index (χ4v) is 1.19. The molecule has 0 saturated carbocycles. The summed E-state index contributed by atoms with van der Waals surface area (Å²) in [5.41, 5.74) is 0.182. The molecule has 16 heavy (non-hydrogen) atoms. The van der Waals surface area contributed by atoms with E-state index in [4.69, 9.17) is 0 Å². The van der Waals surface area contributed by atoms with Gasteiger partial charge in [-0.25, -0.2) is 9.59 Å². The third-order valence-electron chi connectivity index (χ3n) is 2.05. The highest BCUT2D eigenvalue weighted by Gasteiger charge is 2.23. The van der Waals surface area contributed by atoms with E-state index in [2.05, 4.69) is 9.47 Å². The first-order chi connectivity index (χ1) is 7.51. The highest BCUT2D eigenvalue weighted by atomic mass is 16.5. The van der Waals surface area contributed by atoms with E-state index in [-0.39, 0.29) is 16.8 Å². The first kappa shape index (κ1) is 12.0. The van der Waals surface area contributed by atoms with Crippen LogP contribution in [0.15, 0.2) is 12.3 Å². The van der Waals surface area contributed by atoms with Crippen molar-refractivity contribution in [2.45, 2.75) is 6.92 Å². The Bertz CT molecular complexity index is 400. The quantitative estimate of drug-likeness (QED) is 0.408. The molecular weight excluding hydrogens is 214 g/mol. The zero-order valence-electron chi connectivity index (χ0n) is 9.14. The standard InChI is InChI=1S/C10H11NO5/c1-6-4-7(9(12)15-2)8(5-11(6)14)10(13)16-3/h4-5H,1-3H3. The zero-order chi connectivity index (χ0) is 12.3. The van der Waals surface area contributed by atoms with E-state index >= 15 is 0 Å². The van der Waals surface area contributed by atoms with Crippen molar-refractivity contribution >= 4 is 11.9 Å². The minimum Gasteiger partial charge on any atom is -0.618 e. The number of esters is 2. The monoisotopic (exact) mass is 225 g/mol. The SMILES string of the molecule is COC(=O)c1cc(C)[n+]([O-])cc1C(=O)OC. The molecule has 0 bridgehead atoms. The summed E-state index contributed by atoms with van der Waals surface area (Å²) in [5.74, 6) is -1.45. The number of aryl methyl sites for hydroxylation is 1. The van der Waals surface area contributed by atoms with Gasteiger partial charge in [0.05, 0.1) is 19.8 Å². The predicted octanol–water partition coefficient (Wildman–Crippen LogP) is 0.202. The van der Waals surface area contributed by atoms with Gasteiger partial charge in [-0.3, -0.25) is 0 Å². The summed E-state index contributed by atoms with van der Waals surface area (Å²) in [4.78, 5) is 22.7. The van der Waals surface area contributed by atoms with Crippen LogP contribution in [0.3, 0.4) is 0 Å². The number of pyridine rings is 1. The maximum absolute atomic E-state index is 11.4. The van der Waals surface area contributed by atoms with Crippen LogP contribution < -0.4 is 4.73 Å². The summed E-state index contributed by atoms with van der Waals surface area (Å²) < 4.78 is 9.46. The average molecular weight is 225 g/mol. The lowest BCUT2D eigenvalue weighted by Gasteiger charge is -2.07. The van der Waals surface area contributed by atoms with Crippen LogP contribution in [0.2, 0.25) is 0 Å². The van der Waals surface area contributed by atoms with Crippen LogP contribution in [0.5, 0.6) is 0 Å². The topological polar surface area (TPSA) is 79.5 Å². The number of aromatic nitrogens is 1. The van der Waals surface area contributed by atoms with Crippen molar-refractivity contribution in [3.05, 3.63) is 34.3 Å². The highest BCUT2D eigenvalue weighted by Crippen LogP contribution is 2.10. The van der Waals surface area contributed by atoms with Crippen molar-refractivity contribution in [3.63, 3.8) is 0 Å². The van der Waals surface area contributed by atoms with Crippen molar-refractivity contribution in [3.8, 4) is 0 Å². The van der Waals surface area contributed by atoms with Crippen LogP contribution in [0.25, 0.3) is 0 Å². The molecule has 0 amide bonds. The van der Waals surface area contributed by atoms with E-state index in [9.17, 15) is 14.8 Å². The van der Waals surface area contributed by atoms with E-state index in [0.717, 1.165) is 6.20 Å². The molecule has 1 rings (SSSR count). The smallest absolute Gasteiger partial charge is 0.344 e. The largest absolute Gasteiger partial charge is 0.618 e. The van der Waals surface area contributed by atoms with Gasteiger partial charge < -0.3 is 14.7 Å². The van der Waals surface area contributed by atoms with E-state index < -0.39 is 11.9 Å². The Morgan fingerprint density at radius 2 is 1.69 bits per heavy atom. The number of rotatable bonds is 2. The second-order valence-corrected chi connectivity index (χ2v) is 3.05. The van der Waals surface area contributed by atoms with E-state index in [0.29, 0.717) is 4.73 Å². The lowest BCUT2D eigenvalue weighted by molar-refractivity contribution is -0.612. The molecule has 0 N–H and O–H groups in total. The molecule has 0 radical (unpaired) electrons. The van der Waals surface area contributed by atoms with Crippen LogP contribution in [0.4, 0.5) is 0 Å². The van der Waals surface area contributed by atoms with Gasteiger partial charge in [-0.1, -0.05) is 0 Å². The molecule has 6 heteroatoms. The molecular formula is C10H11NO5. The molecule has 6 nitrogen and oxygen atoms in total. The minimum atomic E-state index is -0.759. The molecule has 0 saturated heterocycles. The molecule has 0 atom stereocenters. The number of ether oxygens (including phenoxy) is 2. The molecule has 0 aromatic carbocycles. The summed E-state index contributed by atoms with van der Waals surface area (Å²) >= 11 is 0. The van der Waals surface area contributed by atoms with E-state index in [1.165, 1.54) is 27.2 Å². The third-order valence-corrected chi connectivity index (χ3v) is 2.05. The molecule has 0 aliphatic heterocycles. The Labute approximate surface area is 92.0 Å². The third kappa shape index (κ3) is 2.10. The summed E-state index contributed by atoms with van der Waals surface area (Å²) in [5, 5.41) is 11.3. The summed E-state index contributed by atoms with van der Waals surface area (Å²) in [6, 6.07) is 1.28. The second kappa shape index (κ2) is 4.61. The summed E-state index contributed by atoms with van der Waals surface area (Å²) in [7, 11) is 2.36. The first-order valence-corrected chi connectivity index (χ1v) is 4.41. The lowest BCUT2D eigenvalue weighted by Crippen LogP contribution is -2.32. The number of carbonyl (C=O) groups is 2. The van der Waals surface area contributed by atoms with Gasteiger partial charge in [0.1, 0.15) is 5.56 Å². The van der Waals surface area contributed by atoms with Crippen LogP contribution in [0, 0.1) is 12.1 Å². The van der Waals surface area contributed by atoms with Crippen molar-refractivity contribution in [1.29, 1.82) is 0 Å². The van der Waals surface area contributed by atoms with E-state index in [1.54, 1.807) is 0 Å². The molecule has 1 aromatic rings. The van der Waals surface area contributed by atoms with Crippen LogP contribution in [-0.4, -0.2) is 26.2 Å². The molecule has 0 unspecified atom stereocenters. The molecule has 1 heterocycles. The van der Waals surface area contributed by atoms with Gasteiger partial charge >= 0.3 is 11.9 Å². The normalized spacial score (nSPS) is 9.69. The van der Waals surface area contributed by atoms with Crippen molar-refractivity contribution in [2.24, 2.45) is 0 Å². The molecule has 1 aromatic heterocycles. The molecule has 0 aliphatic rings. The predicted molar refractivity (Wildman–Crippen MR) is 52.8 cm³/mol. The Morgan fingerprint density at radius 1 is 1.19 bits per heavy atom.